The molecule has 0 N–H and O–H groups in total. The van der Waals surface area contributed by atoms with Gasteiger partial charge in [-0.1, -0.05) is 0 Å². The van der Waals surface area contributed by atoms with E-state index in [1.165, 1.54) is 80.6 Å². The standard InChI is InChI=1S/2C22H19.C2H7Si.Zr/c2*1-2-7-16-14-18-10-6-13-21(22(18)15-16)20-12-5-9-17-8-3-4-11-19(17)20;1-3-2;/h2*3-6,8-15H,2,7H2,1H3;3H,1-2H3;. The maximum absolute atomic E-state index is 2.71. The molecule has 0 bridgehead atoms. The van der Waals surface area contributed by atoms with Crippen LogP contribution in [-0.4, -0.2) is 5.92 Å². The molecule has 2 aliphatic carbocycles. The molecule has 6 aromatic rings. The zero-order chi connectivity index (χ0) is 32.8. The van der Waals surface area contributed by atoms with Gasteiger partial charge in [-0.2, -0.15) is 0 Å². The maximum atomic E-state index is 2.71. The van der Waals surface area contributed by atoms with Gasteiger partial charge < -0.3 is 0 Å². The van der Waals surface area contributed by atoms with E-state index >= 15 is 0 Å². The Balaban J connectivity index is 1.30. The van der Waals surface area contributed by atoms with E-state index in [-0.39, 0.29) is 0 Å². The van der Waals surface area contributed by atoms with Crippen molar-refractivity contribution >= 4 is 39.6 Å². The molecule has 2 aliphatic rings. The van der Waals surface area contributed by atoms with Crippen molar-refractivity contribution in [3.63, 3.8) is 0 Å². The van der Waals surface area contributed by atoms with Crippen LogP contribution in [0.1, 0.15) is 69.0 Å². The van der Waals surface area contributed by atoms with Crippen LogP contribution in [-0.2, 0) is 20.9 Å². The molecule has 2 atom stereocenters. The van der Waals surface area contributed by atoms with E-state index in [2.05, 4.69) is 160 Å². The van der Waals surface area contributed by atoms with Gasteiger partial charge >= 0.3 is 297 Å². The van der Waals surface area contributed by atoms with Crippen LogP contribution >= 0.6 is 0 Å². The molecule has 0 nitrogen and oxygen atoms in total. The Hall–Kier alpha value is -3.58. The van der Waals surface area contributed by atoms with Crippen molar-refractivity contribution in [3.05, 3.63) is 155 Å². The molecule has 237 valence electrons. The van der Waals surface area contributed by atoms with Gasteiger partial charge in [-0.05, 0) is 0 Å². The van der Waals surface area contributed by atoms with Crippen molar-refractivity contribution in [2.75, 3.05) is 0 Å². The van der Waals surface area contributed by atoms with Crippen molar-refractivity contribution in [1.82, 2.24) is 0 Å². The summed E-state index contributed by atoms with van der Waals surface area (Å²) in [6, 6.07) is 46.1. The van der Waals surface area contributed by atoms with E-state index < -0.39 is 26.8 Å². The van der Waals surface area contributed by atoms with Crippen molar-refractivity contribution in [2.45, 2.75) is 59.9 Å². The number of hydrogen-bond donors (Lipinski definition) is 0. The predicted molar refractivity (Wildman–Crippen MR) is 209 cm³/mol. The van der Waals surface area contributed by atoms with E-state index in [4.69, 9.17) is 0 Å². The van der Waals surface area contributed by atoms with Crippen molar-refractivity contribution < 1.29 is 20.9 Å². The van der Waals surface area contributed by atoms with E-state index in [1.54, 1.807) is 22.3 Å². The van der Waals surface area contributed by atoms with Crippen LogP contribution in [0.25, 0.3) is 56.0 Å². The number of allylic oxidation sites excluding steroid dienone is 2. The van der Waals surface area contributed by atoms with Gasteiger partial charge in [0, 0.05) is 0 Å². The van der Waals surface area contributed by atoms with Crippen LogP contribution in [0.5, 0.6) is 0 Å². The van der Waals surface area contributed by atoms with Gasteiger partial charge in [-0.25, -0.2) is 0 Å². The number of hydrogen-bond acceptors (Lipinski definition) is 0. The molecule has 0 radical (unpaired) electrons. The predicted octanol–water partition coefficient (Wildman–Crippen LogP) is 13.1. The minimum absolute atomic E-state index is 0.654. The fourth-order valence-electron chi connectivity index (χ4n) is 8.95. The molecule has 0 heterocycles. The molecule has 0 fully saturated rings. The average Bonchev–Trinajstić information content (AvgIpc) is 3.66. The number of rotatable bonds is 9. The fraction of sp³-hybridized carbons (Fsp3) is 0.217. The zero-order valence-electron chi connectivity index (χ0n) is 28.8. The van der Waals surface area contributed by atoms with E-state index in [0.717, 1.165) is 0 Å². The minimum atomic E-state index is -2.22. The molecule has 2 heteroatoms. The molecule has 8 rings (SSSR count). The third-order valence-corrected chi connectivity index (χ3v) is 32.6. The zero-order valence-corrected chi connectivity index (χ0v) is 32.4. The van der Waals surface area contributed by atoms with E-state index in [9.17, 15) is 0 Å². The summed E-state index contributed by atoms with van der Waals surface area (Å²) in [4.78, 5) is 0. The Kier molecular flexibility index (Phi) is 8.83. The summed E-state index contributed by atoms with van der Waals surface area (Å²) in [5.74, 6) is -0.981. The average molecular weight is 717 g/mol. The SMILES string of the molecule is CCCC1=Cc2c(-c3cccc4ccccc34)cccc2[CH]1[Zr]([CH]1C(CCC)=Cc2c(-c3cccc4ccccc34)cccc21)[SiH](C)C. The Morgan fingerprint density at radius 3 is 1.31 bits per heavy atom. The molecular formula is C46H45SiZr. The van der Waals surface area contributed by atoms with Crippen LogP contribution in [0.15, 0.2) is 132 Å². The quantitative estimate of drug-likeness (QED) is 0.131. The van der Waals surface area contributed by atoms with Crippen LogP contribution in [0.2, 0.25) is 13.1 Å². The second kappa shape index (κ2) is 13.4. The van der Waals surface area contributed by atoms with E-state index in [1.807, 2.05) is 0 Å². The molecule has 0 spiro atoms. The normalized spacial score (nSPS) is 16.7. The van der Waals surface area contributed by atoms with Gasteiger partial charge in [0.25, 0.3) is 0 Å². The molecule has 0 amide bonds. The van der Waals surface area contributed by atoms with E-state index in [0.29, 0.717) is 7.25 Å². The molecule has 2 unspecified atom stereocenters. The summed E-state index contributed by atoms with van der Waals surface area (Å²) in [5, 5.41) is 5.37. The van der Waals surface area contributed by atoms with Gasteiger partial charge in [-0.15, -0.1) is 0 Å². The molecule has 0 saturated heterocycles. The molecule has 0 aliphatic heterocycles. The molecule has 6 aromatic carbocycles. The fourth-order valence-corrected chi connectivity index (χ4v) is 31.8. The first-order valence-corrected chi connectivity index (χ1v) is 28.1. The summed E-state index contributed by atoms with van der Waals surface area (Å²) < 4.78 is 1.31. The van der Waals surface area contributed by atoms with Gasteiger partial charge in [0.1, 0.15) is 0 Å². The Morgan fingerprint density at radius 1 is 0.479 bits per heavy atom. The molecule has 0 saturated carbocycles. The molecule has 0 aromatic heterocycles. The van der Waals surface area contributed by atoms with Crippen LogP contribution in [0.4, 0.5) is 0 Å². The summed E-state index contributed by atoms with van der Waals surface area (Å²) >= 11 is -2.22. The van der Waals surface area contributed by atoms with Crippen molar-refractivity contribution in [2.24, 2.45) is 0 Å². The summed E-state index contributed by atoms with van der Waals surface area (Å²) in [5.41, 5.74) is 15.4. The molecular weight excluding hydrogens is 672 g/mol. The third kappa shape index (κ3) is 5.37. The Morgan fingerprint density at radius 2 is 0.875 bits per heavy atom. The molecule has 48 heavy (non-hydrogen) atoms. The number of fused-ring (bicyclic) bond motifs is 4. The first kappa shape index (κ1) is 31.7. The first-order valence-electron chi connectivity index (χ1n) is 18.1. The second-order valence-corrected chi connectivity index (χ2v) is 34.2. The monoisotopic (exact) mass is 715 g/mol. The van der Waals surface area contributed by atoms with Crippen LogP contribution in [0, 0.1) is 0 Å². The van der Waals surface area contributed by atoms with Gasteiger partial charge in [0.15, 0.2) is 0 Å². The Bertz CT molecular complexity index is 2050. The van der Waals surface area contributed by atoms with Gasteiger partial charge in [-0.3, -0.25) is 0 Å². The van der Waals surface area contributed by atoms with Crippen molar-refractivity contribution in [3.8, 4) is 22.3 Å². The van der Waals surface area contributed by atoms with Gasteiger partial charge in [0.05, 0.1) is 0 Å². The third-order valence-electron chi connectivity index (χ3n) is 10.9. The van der Waals surface area contributed by atoms with Crippen LogP contribution < -0.4 is 0 Å². The topological polar surface area (TPSA) is 0 Å². The summed E-state index contributed by atoms with van der Waals surface area (Å²) in [6.45, 7) is 10.2. The first-order chi connectivity index (χ1) is 23.6. The second-order valence-electron chi connectivity index (χ2n) is 14.1. The summed E-state index contributed by atoms with van der Waals surface area (Å²) in [6.07, 6.45) is 10.2. The van der Waals surface area contributed by atoms with Crippen molar-refractivity contribution in [1.29, 1.82) is 0 Å². The van der Waals surface area contributed by atoms with Crippen LogP contribution in [0.3, 0.4) is 0 Å². The Labute approximate surface area is 295 Å². The van der Waals surface area contributed by atoms with Gasteiger partial charge in [0.2, 0.25) is 0 Å². The summed E-state index contributed by atoms with van der Waals surface area (Å²) in [7, 11) is 0. The number of benzene rings is 6.